The Kier molecular flexibility index (Phi) is 33.6. The molecule has 0 aliphatic carbocycles. The van der Waals surface area contributed by atoms with Gasteiger partial charge in [0.15, 0.2) is 11.8 Å². The number of hydroxylamine groups is 3. The highest BCUT2D eigenvalue weighted by atomic mass is 32.3. The fraction of sp³-hybridized carbons (Fsp3) is 0.946. The number of hydrogen-bond donors (Lipinski definition) is 1. The Labute approximate surface area is 285 Å². The van der Waals surface area contributed by atoms with Crippen molar-refractivity contribution in [3.05, 3.63) is 0 Å². The van der Waals surface area contributed by atoms with Gasteiger partial charge in [0.2, 0.25) is 10.4 Å². The van der Waals surface area contributed by atoms with Crippen LogP contribution in [0.25, 0.3) is 0 Å². The Morgan fingerprint density at radius 2 is 0.848 bits per heavy atom. The number of quaternary nitrogens is 1. The van der Waals surface area contributed by atoms with Gasteiger partial charge in [-0.15, -0.1) is 4.65 Å². The fourth-order valence-corrected chi connectivity index (χ4v) is 5.92. The van der Waals surface area contributed by atoms with E-state index in [1.807, 2.05) is 6.92 Å². The molecular weight excluding hydrogens is 602 g/mol. The molecule has 0 saturated carbocycles. The predicted molar refractivity (Wildman–Crippen MR) is 189 cm³/mol. The van der Waals surface area contributed by atoms with Gasteiger partial charge in [-0.2, -0.15) is 0 Å². The zero-order chi connectivity index (χ0) is 34.9. The molecule has 8 nitrogen and oxygen atoms in total. The number of Topliss-reactive ketones (excluding diaryl/α,β-unsaturated/α-hetero) is 1. The molecule has 0 radical (unpaired) electrons. The number of unbranched alkanes of at least 4 members (excludes halogenated alkanes) is 24. The van der Waals surface area contributed by atoms with Gasteiger partial charge in [-0.25, -0.2) is 18.4 Å². The minimum absolute atomic E-state index is 0.0335. The van der Waals surface area contributed by atoms with Crippen molar-refractivity contribution in [1.29, 1.82) is 0 Å². The second kappa shape index (κ2) is 32.7. The van der Waals surface area contributed by atoms with Crippen molar-refractivity contribution >= 4 is 22.1 Å². The minimum Gasteiger partial charge on any atom is -0.726 e. The van der Waals surface area contributed by atoms with Gasteiger partial charge in [0, 0.05) is 6.42 Å². The Morgan fingerprint density at radius 1 is 0.587 bits per heavy atom. The minimum atomic E-state index is -4.41. The Balaban J connectivity index is 0. The maximum atomic E-state index is 12.9. The van der Waals surface area contributed by atoms with E-state index in [0.717, 1.165) is 39.2 Å². The second-order valence-corrected chi connectivity index (χ2v) is 14.4. The average molecular weight is 678 g/mol. The van der Waals surface area contributed by atoms with Gasteiger partial charge in [0.25, 0.3) is 0 Å². The van der Waals surface area contributed by atoms with Crippen LogP contribution in [-0.4, -0.2) is 54.2 Å². The molecule has 0 spiro atoms. The third-order valence-electron chi connectivity index (χ3n) is 9.25. The van der Waals surface area contributed by atoms with E-state index in [0.29, 0.717) is 12.8 Å². The van der Waals surface area contributed by atoms with Crippen LogP contribution in [0, 0.1) is 0 Å². The molecule has 9 heteroatoms. The number of carbonyl (C=O) groups is 2. The highest BCUT2D eigenvalue weighted by Crippen LogP contribution is 2.20. The van der Waals surface area contributed by atoms with Crippen molar-refractivity contribution in [3.63, 3.8) is 0 Å². The lowest BCUT2D eigenvalue weighted by molar-refractivity contribution is -1.05. The Bertz CT molecular complexity index is 806. The summed E-state index contributed by atoms with van der Waals surface area (Å²) in [6, 6.07) is -0.656. The van der Waals surface area contributed by atoms with E-state index in [1.165, 1.54) is 135 Å². The van der Waals surface area contributed by atoms with E-state index in [9.17, 15) is 27.8 Å². The number of nitrogens with zero attached hydrogens (tertiary/aromatic N) is 1. The number of rotatable bonds is 32. The van der Waals surface area contributed by atoms with E-state index in [2.05, 4.69) is 18.0 Å². The third kappa shape index (κ3) is 29.3. The first-order valence-electron chi connectivity index (χ1n) is 19.2. The molecule has 46 heavy (non-hydrogen) atoms. The summed E-state index contributed by atoms with van der Waals surface area (Å²) in [5.41, 5.74) is 0. The van der Waals surface area contributed by atoms with Crippen molar-refractivity contribution < 1.29 is 36.6 Å². The van der Waals surface area contributed by atoms with Crippen LogP contribution < -0.4 is 0 Å². The average Bonchev–Trinajstić information content (AvgIpc) is 3.04. The van der Waals surface area contributed by atoms with Gasteiger partial charge in [0.05, 0.1) is 13.5 Å². The lowest BCUT2D eigenvalue weighted by Crippen LogP contribution is -2.58. The van der Waals surface area contributed by atoms with Crippen molar-refractivity contribution in [1.82, 2.24) is 0 Å². The summed E-state index contributed by atoms with van der Waals surface area (Å²) in [5.74, 6) is -0.150. The van der Waals surface area contributed by atoms with Crippen LogP contribution in [0.15, 0.2) is 0 Å². The van der Waals surface area contributed by atoms with Crippen molar-refractivity contribution in [2.45, 2.75) is 214 Å². The Hall–Kier alpha value is -0.870. The summed E-state index contributed by atoms with van der Waals surface area (Å²) in [6.07, 6.45) is 34.0. The smallest absolute Gasteiger partial charge is 0.346 e. The van der Waals surface area contributed by atoms with Gasteiger partial charge < -0.3 is 4.55 Å². The Morgan fingerprint density at radius 3 is 1.11 bits per heavy atom. The molecule has 0 aromatic carbocycles. The molecule has 0 fully saturated rings. The second-order valence-electron chi connectivity index (χ2n) is 13.2. The van der Waals surface area contributed by atoms with Crippen LogP contribution in [0.2, 0.25) is 0 Å². The predicted octanol–water partition coefficient (Wildman–Crippen LogP) is 10.8. The number of carbonyl (C=O) groups excluding carboxylic acids is 2. The SMILES string of the molecule is CCCCCCCCCCCCCCCC(=O)C(C)[N+](O)(CC)C(=O)CCCCCCCCCCCCCCC.COS(=O)(=O)[O-]. The topological polar surface area (TPSA) is 121 Å². The van der Waals surface area contributed by atoms with E-state index in [4.69, 9.17) is 0 Å². The molecule has 1 amide bonds. The molecule has 0 heterocycles. The molecule has 0 aromatic heterocycles. The van der Waals surface area contributed by atoms with Gasteiger partial charge in [0.1, 0.15) is 6.54 Å². The lowest BCUT2D eigenvalue weighted by atomic mass is 10.0. The van der Waals surface area contributed by atoms with Gasteiger partial charge in [-0.3, -0.25) is 8.98 Å². The number of ketones is 1. The maximum absolute atomic E-state index is 12.9. The standard InChI is InChI=1S/C36H72NO3.CH4O4S/c1-5-8-10-12-14-16-18-20-22-24-26-28-30-32-35(38)34(4)37(40,7-3)36(39)33-31-29-27-25-23-21-19-17-15-13-11-9-6-2;1-5-6(2,3)4/h34,40H,5-33H2,1-4H3;1H3,(H,2,3,4)/q+1;/p-1. The zero-order valence-corrected chi connectivity index (χ0v) is 31.7. The normalized spacial score (nSPS) is 13.5. The molecule has 0 saturated heterocycles. The summed E-state index contributed by atoms with van der Waals surface area (Å²) in [5, 5.41) is 11.1. The van der Waals surface area contributed by atoms with Crippen molar-refractivity contribution in [2.24, 2.45) is 0 Å². The third-order valence-corrected chi connectivity index (χ3v) is 9.65. The molecule has 276 valence electrons. The molecule has 0 aliphatic rings. The number of hydrogen-bond acceptors (Lipinski definition) is 7. The molecule has 0 aromatic rings. The van der Waals surface area contributed by atoms with E-state index < -0.39 is 21.1 Å². The first-order valence-corrected chi connectivity index (χ1v) is 20.5. The quantitative estimate of drug-likeness (QED) is 0.0188. The summed E-state index contributed by atoms with van der Waals surface area (Å²) in [7, 11) is -3.60. The van der Waals surface area contributed by atoms with E-state index in [1.54, 1.807) is 6.92 Å². The van der Waals surface area contributed by atoms with Crippen molar-refractivity contribution in [2.75, 3.05) is 13.7 Å². The molecule has 2 atom stereocenters. The van der Waals surface area contributed by atoms with Gasteiger partial charge in [-0.1, -0.05) is 168 Å². The van der Waals surface area contributed by atoms with Crippen LogP contribution >= 0.6 is 0 Å². The number of likely N-dealkylation sites (N-methyl/N-ethyl adjacent to an activating group) is 1. The number of amides is 1. The maximum Gasteiger partial charge on any atom is 0.346 e. The van der Waals surface area contributed by atoms with E-state index >= 15 is 0 Å². The molecule has 0 bridgehead atoms. The van der Waals surface area contributed by atoms with Crippen LogP contribution in [0.4, 0.5) is 0 Å². The van der Waals surface area contributed by atoms with Crippen LogP contribution in [-0.2, 0) is 24.2 Å². The molecule has 2 unspecified atom stereocenters. The zero-order valence-electron chi connectivity index (χ0n) is 30.8. The fourth-order valence-electron chi connectivity index (χ4n) is 5.92. The van der Waals surface area contributed by atoms with Crippen molar-refractivity contribution in [3.8, 4) is 0 Å². The lowest BCUT2D eigenvalue weighted by Gasteiger charge is -2.31. The van der Waals surface area contributed by atoms with Gasteiger partial charge >= 0.3 is 5.91 Å². The van der Waals surface area contributed by atoms with Crippen LogP contribution in [0.1, 0.15) is 207 Å². The van der Waals surface area contributed by atoms with E-state index in [-0.39, 0.29) is 18.2 Å². The molecule has 0 rings (SSSR count). The molecule has 0 aliphatic heterocycles. The summed E-state index contributed by atoms with van der Waals surface area (Å²) < 4.78 is 30.3. The monoisotopic (exact) mass is 678 g/mol. The van der Waals surface area contributed by atoms with Crippen LogP contribution in [0.5, 0.6) is 0 Å². The highest BCUT2D eigenvalue weighted by molar-refractivity contribution is 7.80. The summed E-state index contributed by atoms with van der Waals surface area (Å²) >= 11 is 0. The van der Waals surface area contributed by atoms with Gasteiger partial charge in [-0.05, 0) is 26.7 Å². The highest BCUT2D eigenvalue weighted by Gasteiger charge is 2.42. The summed E-state index contributed by atoms with van der Waals surface area (Å²) in [4.78, 5) is 25.7. The largest absolute Gasteiger partial charge is 0.726 e. The van der Waals surface area contributed by atoms with Crippen LogP contribution in [0.3, 0.4) is 0 Å². The first-order chi connectivity index (χ1) is 22.0. The first kappa shape index (κ1) is 47.2. The summed E-state index contributed by atoms with van der Waals surface area (Å²) in [6.45, 7) is 8.36. The molecule has 1 N–H and O–H groups in total. The molecular formula is C37H75NO7S.